The summed E-state index contributed by atoms with van der Waals surface area (Å²) in [7, 11) is 0. The van der Waals surface area contributed by atoms with Crippen molar-refractivity contribution in [1.82, 2.24) is 10.2 Å². The lowest BCUT2D eigenvalue weighted by molar-refractivity contribution is 0.0255. The van der Waals surface area contributed by atoms with E-state index in [0.717, 1.165) is 13.0 Å². The van der Waals surface area contributed by atoms with E-state index in [1.165, 1.54) is 0 Å². The Morgan fingerprint density at radius 2 is 2.25 bits per heavy atom. The molecule has 16 heavy (non-hydrogen) atoms. The third-order valence-electron chi connectivity index (χ3n) is 2.21. The highest BCUT2D eigenvalue weighted by Gasteiger charge is 2.25. The Balaban J connectivity index is 2.57. The van der Waals surface area contributed by atoms with Gasteiger partial charge in [0.05, 0.1) is 12.6 Å². The fourth-order valence-electron chi connectivity index (χ4n) is 1.50. The van der Waals surface area contributed by atoms with Crippen LogP contribution in [0.25, 0.3) is 0 Å². The summed E-state index contributed by atoms with van der Waals surface area (Å²) in [5, 5.41) is 11.9. The van der Waals surface area contributed by atoms with Gasteiger partial charge in [0.1, 0.15) is 11.6 Å². The van der Waals surface area contributed by atoms with Crippen molar-refractivity contribution in [3.8, 4) is 6.07 Å². The summed E-state index contributed by atoms with van der Waals surface area (Å²) in [4.78, 5) is 13.4. The molecule has 0 bridgehead atoms. The van der Waals surface area contributed by atoms with E-state index in [0.29, 0.717) is 13.1 Å². The van der Waals surface area contributed by atoms with Crippen molar-refractivity contribution in [3.63, 3.8) is 0 Å². The second-order valence-electron chi connectivity index (χ2n) is 4.92. The van der Waals surface area contributed by atoms with E-state index in [2.05, 4.69) is 11.4 Å². The molecular weight excluding hydrogens is 206 g/mol. The summed E-state index contributed by atoms with van der Waals surface area (Å²) in [6.07, 6.45) is 0.508. The van der Waals surface area contributed by atoms with Gasteiger partial charge in [0.2, 0.25) is 0 Å². The molecule has 0 radical (unpaired) electrons. The van der Waals surface area contributed by atoms with Gasteiger partial charge in [-0.3, -0.25) is 0 Å². The van der Waals surface area contributed by atoms with Crippen LogP contribution in [0.15, 0.2) is 0 Å². The molecule has 1 fully saturated rings. The summed E-state index contributed by atoms with van der Waals surface area (Å²) < 4.78 is 5.28. The van der Waals surface area contributed by atoms with Crippen LogP contribution in [0.2, 0.25) is 0 Å². The summed E-state index contributed by atoms with van der Waals surface area (Å²) in [5.74, 6) is 0. The standard InChI is InChI=1S/C11H19N3O2/c1-11(2,3)16-10(15)14-6-4-5-13-9(7-12)8-14/h9,13H,4-6,8H2,1-3H3. The summed E-state index contributed by atoms with van der Waals surface area (Å²) >= 11 is 0. The van der Waals surface area contributed by atoms with Crippen molar-refractivity contribution in [2.75, 3.05) is 19.6 Å². The van der Waals surface area contributed by atoms with E-state index >= 15 is 0 Å². The molecule has 0 aromatic rings. The van der Waals surface area contributed by atoms with Gasteiger partial charge in [0.25, 0.3) is 0 Å². The van der Waals surface area contributed by atoms with Gasteiger partial charge in [0, 0.05) is 6.54 Å². The zero-order valence-corrected chi connectivity index (χ0v) is 10.1. The van der Waals surface area contributed by atoms with Crippen molar-refractivity contribution in [2.24, 2.45) is 0 Å². The first-order valence-corrected chi connectivity index (χ1v) is 5.53. The molecule has 1 atom stereocenters. The molecule has 1 N–H and O–H groups in total. The fraction of sp³-hybridized carbons (Fsp3) is 0.818. The van der Waals surface area contributed by atoms with Crippen LogP contribution in [0.4, 0.5) is 4.79 Å². The average Bonchev–Trinajstić information content (AvgIpc) is 2.39. The van der Waals surface area contributed by atoms with Gasteiger partial charge in [-0.15, -0.1) is 0 Å². The predicted octanol–water partition coefficient (Wildman–Crippen LogP) is 1.11. The molecule has 5 nitrogen and oxygen atoms in total. The quantitative estimate of drug-likeness (QED) is 0.670. The van der Waals surface area contributed by atoms with Gasteiger partial charge in [-0.25, -0.2) is 4.79 Å². The van der Waals surface area contributed by atoms with Crippen molar-refractivity contribution in [3.05, 3.63) is 0 Å². The normalized spacial score (nSPS) is 22.1. The number of ether oxygens (including phenoxy) is 1. The van der Waals surface area contributed by atoms with Crippen LogP contribution >= 0.6 is 0 Å². The average molecular weight is 225 g/mol. The van der Waals surface area contributed by atoms with Crippen LogP contribution in [0.5, 0.6) is 0 Å². The number of rotatable bonds is 0. The van der Waals surface area contributed by atoms with E-state index in [4.69, 9.17) is 10.00 Å². The molecule has 1 rings (SSSR count). The zero-order valence-electron chi connectivity index (χ0n) is 10.1. The first kappa shape index (κ1) is 12.8. The molecular formula is C11H19N3O2. The second kappa shape index (κ2) is 5.17. The Hall–Kier alpha value is -1.28. The minimum atomic E-state index is -0.487. The van der Waals surface area contributed by atoms with Crippen LogP contribution in [0.3, 0.4) is 0 Å². The van der Waals surface area contributed by atoms with Crippen LogP contribution in [-0.4, -0.2) is 42.3 Å². The van der Waals surface area contributed by atoms with Gasteiger partial charge in [-0.2, -0.15) is 5.26 Å². The molecule has 1 heterocycles. The van der Waals surface area contributed by atoms with E-state index < -0.39 is 5.60 Å². The number of nitrogens with one attached hydrogen (secondary N) is 1. The lowest BCUT2D eigenvalue weighted by atomic mass is 10.2. The molecule has 1 aliphatic heterocycles. The van der Waals surface area contributed by atoms with E-state index in [-0.39, 0.29) is 12.1 Å². The molecule has 0 saturated carbocycles. The van der Waals surface area contributed by atoms with Crippen molar-refractivity contribution in [2.45, 2.75) is 38.8 Å². The van der Waals surface area contributed by atoms with E-state index in [1.807, 2.05) is 20.8 Å². The highest BCUT2D eigenvalue weighted by Crippen LogP contribution is 2.11. The van der Waals surface area contributed by atoms with Crippen molar-refractivity contribution in [1.29, 1.82) is 5.26 Å². The van der Waals surface area contributed by atoms with Crippen LogP contribution < -0.4 is 5.32 Å². The van der Waals surface area contributed by atoms with Gasteiger partial charge < -0.3 is 15.0 Å². The van der Waals surface area contributed by atoms with Gasteiger partial charge in [-0.1, -0.05) is 0 Å². The molecule has 0 spiro atoms. The number of hydrogen-bond donors (Lipinski definition) is 1. The fourth-order valence-corrected chi connectivity index (χ4v) is 1.50. The maximum absolute atomic E-state index is 11.8. The van der Waals surface area contributed by atoms with Crippen LogP contribution in [-0.2, 0) is 4.74 Å². The number of carbonyl (C=O) groups excluding carboxylic acids is 1. The maximum Gasteiger partial charge on any atom is 0.410 e. The molecule has 1 amide bonds. The first-order valence-electron chi connectivity index (χ1n) is 5.53. The Labute approximate surface area is 96.4 Å². The molecule has 0 aromatic heterocycles. The molecule has 1 saturated heterocycles. The van der Waals surface area contributed by atoms with E-state index in [9.17, 15) is 4.79 Å². The zero-order chi connectivity index (χ0) is 12.2. The molecule has 0 aliphatic carbocycles. The van der Waals surface area contributed by atoms with Gasteiger partial charge >= 0.3 is 6.09 Å². The third-order valence-corrected chi connectivity index (χ3v) is 2.21. The maximum atomic E-state index is 11.8. The third kappa shape index (κ3) is 4.07. The Morgan fingerprint density at radius 1 is 1.56 bits per heavy atom. The smallest absolute Gasteiger partial charge is 0.410 e. The predicted molar refractivity (Wildman–Crippen MR) is 59.8 cm³/mol. The lowest BCUT2D eigenvalue weighted by Gasteiger charge is -2.26. The molecule has 1 aliphatic rings. The van der Waals surface area contributed by atoms with Gasteiger partial charge in [0.15, 0.2) is 0 Å². The lowest BCUT2D eigenvalue weighted by Crippen LogP contribution is -2.42. The Bertz CT molecular complexity index is 291. The first-order chi connectivity index (χ1) is 7.42. The minimum Gasteiger partial charge on any atom is -0.444 e. The minimum absolute atomic E-state index is 0.296. The van der Waals surface area contributed by atoms with E-state index in [1.54, 1.807) is 4.90 Å². The SMILES string of the molecule is CC(C)(C)OC(=O)N1CCCNC(C#N)C1. The molecule has 5 heteroatoms. The molecule has 90 valence electrons. The topological polar surface area (TPSA) is 65.4 Å². The Morgan fingerprint density at radius 3 is 2.81 bits per heavy atom. The summed E-state index contributed by atoms with van der Waals surface area (Å²) in [6, 6.07) is 1.83. The Kier molecular flexibility index (Phi) is 4.13. The highest BCUT2D eigenvalue weighted by molar-refractivity contribution is 5.68. The largest absolute Gasteiger partial charge is 0.444 e. The highest BCUT2D eigenvalue weighted by atomic mass is 16.6. The number of hydrogen-bond acceptors (Lipinski definition) is 4. The summed E-state index contributed by atoms with van der Waals surface area (Å²) in [5.41, 5.74) is -0.487. The number of carbonyl (C=O) groups is 1. The molecule has 1 unspecified atom stereocenters. The number of amides is 1. The van der Waals surface area contributed by atoms with Gasteiger partial charge in [-0.05, 0) is 33.7 Å². The second-order valence-corrected chi connectivity index (χ2v) is 4.92. The van der Waals surface area contributed by atoms with Crippen LogP contribution in [0.1, 0.15) is 27.2 Å². The van der Waals surface area contributed by atoms with Crippen molar-refractivity contribution >= 4 is 6.09 Å². The van der Waals surface area contributed by atoms with Crippen LogP contribution in [0, 0.1) is 11.3 Å². The monoisotopic (exact) mass is 225 g/mol. The van der Waals surface area contributed by atoms with Crippen molar-refractivity contribution < 1.29 is 9.53 Å². The number of nitrogens with zero attached hydrogens (tertiary/aromatic N) is 2. The molecule has 0 aromatic carbocycles. The summed E-state index contributed by atoms with van der Waals surface area (Å²) in [6.45, 7) is 7.30. The number of nitriles is 1.